The molecule has 1 unspecified atom stereocenters. The van der Waals surface area contributed by atoms with Gasteiger partial charge in [0, 0.05) is 17.1 Å². The lowest BCUT2D eigenvalue weighted by atomic mass is 10.1. The maximum atomic E-state index is 11.3. The Hall–Kier alpha value is -1.16. The summed E-state index contributed by atoms with van der Waals surface area (Å²) in [7, 11) is -1.17. The van der Waals surface area contributed by atoms with Gasteiger partial charge in [0.05, 0.1) is 11.3 Å². The van der Waals surface area contributed by atoms with Crippen LogP contribution < -0.4 is 0 Å². The van der Waals surface area contributed by atoms with Crippen LogP contribution in [0.25, 0.3) is 0 Å². The molecule has 0 amide bonds. The first-order chi connectivity index (χ1) is 6.11. The molecule has 1 aromatic rings. The van der Waals surface area contributed by atoms with Gasteiger partial charge in [0.15, 0.2) is 5.78 Å². The number of carbonyl (C=O) groups is 1. The van der Waals surface area contributed by atoms with Crippen LogP contribution in [-0.2, 0) is 10.8 Å². The SMILES string of the molecule is CS(=O)CC(=O)c1ccccc1O. The summed E-state index contributed by atoms with van der Waals surface area (Å²) in [5, 5.41) is 9.27. The molecular formula is C9H10O3S. The Morgan fingerprint density at radius 1 is 1.46 bits per heavy atom. The third-order valence-corrected chi connectivity index (χ3v) is 2.21. The van der Waals surface area contributed by atoms with Crippen molar-refractivity contribution in [3.8, 4) is 5.75 Å². The second-order valence-electron chi connectivity index (χ2n) is 2.66. The standard InChI is InChI=1S/C9H10O3S/c1-13(12)6-9(11)7-4-2-3-5-8(7)10/h2-5,10H,6H2,1H3. The molecule has 0 fully saturated rings. The van der Waals surface area contributed by atoms with Crippen molar-refractivity contribution in [2.45, 2.75) is 0 Å². The number of phenols is 1. The monoisotopic (exact) mass is 198 g/mol. The number of hydrogen-bond donors (Lipinski definition) is 1. The number of carbonyl (C=O) groups excluding carboxylic acids is 1. The smallest absolute Gasteiger partial charge is 0.179 e. The van der Waals surface area contributed by atoms with Crippen LogP contribution in [0.5, 0.6) is 5.75 Å². The zero-order valence-electron chi connectivity index (χ0n) is 7.19. The highest BCUT2D eigenvalue weighted by Crippen LogP contribution is 2.16. The van der Waals surface area contributed by atoms with Crippen molar-refractivity contribution in [1.29, 1.82) is 0 Å². The van der Waals surface area contributed by atoms with Crippen molar-refractivity contribution in [1.82, 2.24) is 0 Å². The molecule has 0 saturated heterocycles. The van der Waals surface area contributed by atoms with Gasteiger partial charge in [-0.2, -0.15) is 0 Å². The predicted molar refractivity (Wildman–Crippen MR) is 51.4 cm³/mol. The van der Waals surface area contributed by atoms with Gasteiger partial charge in [-0.1, -0.05) is 12.1 Å². The molecule has 0 saturated carbocycles. The summed E-state index contributed by atoms with van der Waals surface area (Å²) >= 11 is 0. The van der Waals surface area contributed by atoms with Gasteiger partial charge in [-0.15, -0.1) is 0 Å². The van der Waals surface area contributed by atoms with Crippen LogP contribution in [0.3, 0.4) is 0 Å². The van der Waals surface area contributed by atoms with Crippen molar-refractivity contribution < 1.29 is 14.1 Å². The van der Waals surface area contributed by atoms with E-state index in [1.165, 1.54) is 18.4 Å². The average Bonchev–Trinajstić information content (AvgIpc) is 2.03. The van der Waals surface area contributed by atoms with Crippen LogP contribution in [-0.4, -0.2) is 27.1 Å². The summed E-state index contributed by atoms with van der Waals surface area (Å²) in [6, 6.07) is 6.25. The molecule has 1 atom stereocenters. The van der Waals surface area contributed by atoms with E-state index < -0.39 is 10.8 Å². The fraction of sp³-hybridized carbons (Fsp3) is 0.222. The van der Waals surface area contributed by atoms with Crippen LogP contribution in [0, 0.1) is 0 Å². The van der Waals surface area contributed by atoms with Gasteiger partial charge in [-0.25, -0.2) is 0 Å². The summed E-state index contributed by atoms with van der Waals surface area (Å²) in [5.74, 6) is -0.394. The van der Waals surface area contributed by atoms with E-state index in [2.05, 4.69) is 0 Å². The summed E-state index contributed by atoms with van der Waals surface area (Å²) in [6.45, 7) is 0. The number of phenolic OH excluding ortho intramolecular Hbond substituents is 1. The minimum atomic E-state index is -1.17. The summed E-state index contributed by atoms with van der Waals surface area (Å²) in [5.41, 5.74) is 0.234. The third-order valence-electron chi connectivity index (χ3n) is 1.54. The Labute approximate surface area is 78.9 Å². The molecule has 0 aromatic heterocycles. The Bertz CT molecular complexity index is 346. The molecule has 0 aliphatic carbocycles. The zero-order valence-corrected chi connectivity index (χ0v) is 8.00. The maximum Gasteiger partial charge on any atom is 0.179 e. The van der Waals surface area contributed by atoms with Gasteiger partial charge < -0.3 is 5.11 Å². The van der Waals surface area contributed by atoms with E-state index in [1.807, 2.05) is 0 Å². The zero-order chi connectivity index (χ0) is 9.84. The lowest BCUT2D eigenvalue weighted by Crippen LogP contribution is -2.09. The molecule has 1 N–H and O–H groups in total. The van der Waals surface area contributed by atoms with Crippen molar-refractivity contribution in [2.75, 3.05) is 12.0 Å². The Balaban J connectivity index is 2.89. The molecule has 1 rings (SSSR count). The number of benzene rings is 1. The normalized spacial score (nSPS) is 12.4. The number of hydrogen-bond acceptors (Lipinski definition) is 3. The van der Waals surface area contributed by atoms with E-state index in [1.54, 1.807) is 12.1 Å². The first kappa shape index (κ1) is 9.92. The third kappa shape index (κ3) is 2.66. The minimum Gasteiger partial charge on any atom is -0.507 e. The average molecular weight is 198 g/mol. The van der Waals surface area contributed by atoms with E-state index in [9.17, 15) is 14.1 Å². The van der Waals surface area contributed by atoms with E-state index in [4.69, 9.17) is 0 Å². The topological polar surface area (TPSA) is 54.4 Å². The first-order valence-electron chi connectivity index (χ1n) is 3.72. The van der Waals surface area contributed by atoms with Gasteiger partial charge in [-0.3, -0.25) is 9.00 Å². The minimum absolute atomic E-state index is 0.0441. The summed E-state index contributed by atoms with van der Waals surface area (Å²) in [6.07, 6.45) is 1.46. The highest BCUT2D eigenvalue weighted by atomic mass is 32.2. The number of ketones is 1. The second-order valence-corrected chi connectivity index (χ2v) is 4.09. The predicted octanol–water partition coefficient (Wildman–Crippen LogP) is 0.953. The quantitative estimate of drug-likeness (QED) is 0.736. The van der Waals surface area contributed by atoms with Crippen molar-refractivity contribution in [3.05, 3.63) is 29.8 Å². The highest BCUT2D eigenvalue weighted by Gasteiger charge is 2.11. The maximum absolute atomic E-state index is 11.3. The van der Waals surface area contributed by atoms with E-state index in [-0.39, 0.29) is 22.8 Å². The fourth-order valence-corrected chi connectivity index (χ4v) is 1.50. The van der Waals surface area contributed by atoms with E-state index >= 15 is 0 Å². The van der Waals surface area contributed by atoms with E-state index in [0.717, 1.165) is 0 Å². The molecule has 13 heavy (non-hydrogen) atoms. The molecule has 0 radical (unpaired) electrons. The summed E-state index contributed by atoms with van der Waals surface area (Å²) < 4.78 is 10.7. The first-order valence-corrected chi connectivity index (χ1v) is 5.45. The number of para-hydroxylation sites is 1. The van der Waals surface area contributed by atoms with Crippen molar-refractivity contribution >= 4 is 16.6 Å². The molecule has 3 nitrogen and oxygen atoms in total. The van der Waals surface area contributed by atoms with Gasteiger partial charge in [-0.05, 0) is 12.1 Å². The molecule has 0 aliphatic rings. The second kappa shape index (κ2) is 4.18. The van der Waals surface area contributed by atoms with Crippen LogP contribution >= 0.6 is 0 Å². The molecule has 0 bridgehead atoms. The molecule has 0 spiro atoms. The Morgan fingerprint density at radius 2 is 2.08 bits per heavy atom. The lowest BCUT2D eigenvalue weighted by molar-refractivity contribution is 0.101. The van der Waals surface area contributed by atoms with Gasteiger partial charge in [0.25, 0.3) is 0 Å². The number of Topliss-reactive ketones (excluding diaryl/α,β-unsaturated/α-hetero) is 1. The van der Waals surface area contributed by atoms with Crippen LogP contribution in [0.15, 0.2) is 24.3 Å². The Morgan fingerprint density at radius 3 is 2.62 bits per heavy atom. The molecular weight excluding hydrogens is 188 g/mol. The highest BCUT2D eigenvalue weighted by molar-refractivity contribution is 7.85. The number of rotatable bonds is 3. The Kier molecular flexibility index (Phi) is 3.19. The fourth-order valence-electron chi connectivity index (χ4n) is 0.972. The van der Waals surface area contributed by atoms with Crippen LogP contribution in [0.1, 0.15) is 10.4 Å². The van der Waals surface area contributed by atoms with Gasteiger partial charge >= 0.3 is 0 Å². The molecule has 0 aliphatic heterocycles. The van der Waals surface area contributed by atoms with Gasteiger partial charge in [0.2, 0.25) is 0 Å². The largest absolute Gasteiger partial charge is 0.507 e. The molecule has 70 valence electrons. The van der Waals surface area contributed by atoms with Crippen LogP contribution in [0.2, 0.25) is 0 Å². The van der Waals surface area contributed by atoms with E-state index in [0.29, 0.717) is 0 Å². The van der Waals surface area contributed by atoms with Gasteiger partial charge in [0.1, 0.15) is 5.75 Å². The van der Waals surface area contributed by atoms with Crippen molar-refractivity contribution in [3.63, 3.8) is 0 Å². The van der Waals surface area contributed by atoms with Crippen LogP contribution in [0.4, 0.5) is 0 Å². The molecule has 4 heteroatoms. The number of aromatic hydroxyl groups is 1. The molecule has 1 aromatic carbocycles. The van der Waals surface area contributed by atoms with Crippen molar-refractivity contribution in [2.24, 2.45) is 0 Å². The molecule has 0 heterocycles. The lowest BCUT2D eigenvalue weighted by Gasteiger charge is -2.00. The summed E-state index contributed by atoms with van der Waals surface area (Å²) in [4.78, 5) is 11.3.